The van der Waals surface area contributed by atoms with Gasteiger partial charge < -0.3 is 10.6 Å². The Labute approximate surface area is 160 Å². The highest BCUT2D eigenvalue weighted by atomic mass is 35.5. The summed E-state index contributed by atoms with van der Waals surface area (Å²) in [6.45, 7) is 1.47. The number of halogens is 2. The lowest BCUT2D eigenvalue weighted by atomic mass is 10.0. The molecule has 0 bridgehead atoms. The van der Waals surface area contributed by atoms with Gasteiger partial charge in [-0.1, -0.05) is 23.2 Å². The first-order valence-electron chi connectivity index (χ1n) is 8.01. The normalized spacial score (nSPS) is 14.4. The maximum Gasteiger partial charge on any atom is 0.240 e. The predicted octanol–water partition coefficient (Wildman–Crippen LogP) is 4.55. The summed E-state index contributed by atoms with van der Waals surface area (Å²) < 4.78 is 0. The molecule has 1 saturated carbocycles. The van der Waals surface area contributed by atoms with Gasteiger partial charge in [-0.05, 0) is 62.2 Å². The number of nitrogens with one attached hydrogen (secondary N) is 2. The maximum absolute atomic E-state index is 12.6. The first-order chi connectivity index (χ1) is 12.3. The van der Waals surface area contributed by atoms with Crippen LogP contribution in [0, 0.1) is 5.41 Å². The van der Waals surface area contributed by atoms with Crippen LogP contribution in [0.3, 0.4) is 0 Å². The van der Waals surface area contributed by atoms with Gasteiger partial charge in [-0.15, -0.1) is 0 Å². The number of amides is 2. The Kier molecular flexibility index (Phi) is 5.03. The number of anilines is 2. The van der Waals surface area contributed by atoms with E-state index in [0.717, 1.165) is 0 Å². The van der Waals surface area contributed by atoms with E-state index in [-0.39, 0.29) is 11.7 Å². The molecule has 1 aliphatic rings. The summed E-state index contributed by atoms with van der Waals surface area (Å²) in [6.07, 6.45) is 0.919. The van der Waals surface area contributed by atoms with Gasteiger partial charge in [-0.3, -0.25) is 14.4 Å². The highest BCUT2D eigenvalue weighted by Crippen LogP contribution is 2.47. The Bertz CT molecular complexity index is 890. The molecule has 0 aromatic heterocycles. The number of Topliss-reactive ketones (excluding diaryl/α,β-unsaturated/α-hetero) is 1. The second kappa shape index (κ2) is 7.09. The fourth-order valence-electron chi connectivity index (χ4n) is 2.55. The minimum absolute atomic E-state index is 0.0549. The fourth-order valence-corrected chi connectivity index (χ4v) is 3.01. The van der Waals surface area contributed by atoms with Gasteiger partial charge >= 0.3 is 0 Å². The molecule has 5 nitrogen and oxygen atoms in total. The van der Waals surface area contributed by atoms with Crippen LogP contribution in [0.2, 0.25) is 10.0 Å². The molecule has 26 heavy (non-hydrogen) atoms. The molecule has 0 unspecified atom stereocenters. The first-order valence-corrected chi connectivity index (χ1v) is 8.76. The summed E-state index contributed by atoms with van der Waals surface area (Å²) >= 11 is 11.9. The van der Waals surface area contributed by atoms with Crippen molar-refractivity contribution in [2.24, 2.45) is 5.41 Å². The molecule has 0 heterocycles. The van der Waals surface area contributed by atoms with Crippen LogP contribution in [-0.2, 0) is 9.59 Å². The number of hydrogen-bond acceptors (Lipinski definition) is 3. The van der Waals surface area contributed by atoms with Crippen LogP contribution in [-0.4, -0.2) is 17.6 Å². The lowest BCUT2D eigenvalue weighted by Crippen LogP contribution is -2.35. The van der Waals surface area contributed by atoms with Gasteiger partial charge in [0.15, 0.2) is 5.78 Å². The van der Waals surface area contributed by atoms with Gasteiger partial charge in [0.25, 0.3) is 0 Å². The number of carbonyl (C=O) groups excluding carboxylic acids is 3. The quantitative estimate of drug-likeness (QED) is 0.580. The summed E-state index contributed by atoms with van der Waals surface area (Å²) in [7, 11) is 0. The third-order valence-corrected chi connectivity index (χ3v) is 4.90. The number of hydrogen-bond donors (Lipinski definition) is 2. The van der Waals surface area contributed by atoms with Crippen molar-refractivity contribution in [1.29, 1.82) is 0 Å². The van der Waals surface area contributed by atoms with Crippen LogP contribution in [0.15, 0.2) is 42.5 Å². The van der Waals surface area contributed by atoms with Gasteiger partial charge in [-0.25, -0.2) is 0 Å². The van der Waals surface area contributed by atoms with Crippen LogP contribution in [0.5, 0.6) is 0 Å². The summed E-state index contributed by atoms with van der Waals surface area (Å²) in [4.78, 5) is 36.5. The topological polar surface area (TPSA) is 75.3 Å². The van der Waals surface area contributed by atoms with Gasteiger partial charge in [0.05, 0.1) is 10.7 Å². The van der Waals surface area contributed by atoms with Gasteiger partial charge in [0.2, 0.25) is 11.8 Å². The number of benzene rings is 2. The summed E-state index contributed by atoms with van der Waals surface area (Å²) in [5.74, 6) is -0.837. The zero-order chi connectivity index (χ0) is 18.9. The molecule has 2 N–H and O–H groups in total. The molecule has 2 aromatic rings. The first kappa shape index (κ1) is 18.4. The average molecular weight is 391 g/mol. The number of rotatable bonds is 5. The molecular weight excluding hydrogens is 375 g/mol. The largest absolute Gasteiger partial charge is 0.325 e. The van der Waals surface area contributed by atoms with Crippen LogP contribution < -0.4 is 10.6 Å². The van der Waals surface area contributed by atoms with E-state index < -0.39 is 11.3 Å². The monoisotopic (exact) mass is 390 g/mol. The zero-order valence-corrected chi connectivity index (χ0v) is 15.4. The standard InChI is InChI=1S/C19H16Cl2N2O3/c1-11(24)12-2-5-14(6-3-12)22-17(25)19(8-9-19)18(26)23-16-7-4-13(20)10-15(16)21/h2-7,10H,8-9H2,1H3,(H,22,25)(H,23,26). The van der Waals surface area contributed by atoms with Crippen molar-refractivity contribution in [2.45, 2.75) is 19.8 Å². The van der Waals surface area contributed by atoms with E-state index >= 15 is 0 Å². The molecule has 7 heteroatoms. The molecule has 134 valence electrons. The van der Waals surface area contributed by atoms with Crippen LogP contribution in [0.25, 0.3) is 0 Å². The van der Waals surface area contributed by atoms with E-state index in [2.05, 4.69) is 10.6 Å². The molecule has 1 fully saturated rings. The lowest BCUT2D eigenvalue weighted by Gasteiger charge is -2.16. The highest BCUT2D eigenvalue weighted by molar-refractivity contribution is 6.37. The highest BCUT2D eigenvalue weighted by Gasteiger charge is 2.56. The maximum atomic E-state index is 12.6. The van der Waals surface area contributed by atoms with Crippen molar-refractivity contribution in [1.82, 2.24) is 0 Å². The lowest BCUT2D eigenvalue weighted by molar-refractivity contribution is -0.131. The summed E-state index contributed by atoms with van der Waals surface area (Å²) in [5.41, 5.74) is 0.385. The van der Waals surface area contributed by atoms with E-state index in [9.17, 15) is 14.4 Å². The van der Waals surface area contributed by atoms with Crippen LogP contribution in [0.4, 0.5) is 11.4 Å². The SMILES string of the molecule is CC(=O)c1ccc(NC(=O)C2(C(=O)Nc3ccc(Cl)cc3Cl)CC2)cc1. The molecule has 0 aliphatic heterocycles. The molecule has 0 atom stereocenters. The summed E-state index contributed by atoms with van der Waals surface area (Å²) in [5, 5.41) is 6.20. The molecule has 0 spiro atoms. The Balaban J connectivity index is 1.70. The second-order valence-electron chi connectivity index (χ2n) is 6.25. The third-order valence-electron chi connectivity index (χ3n) is 4.35. The fraction of sp³-hybridized carbons (Fsp3) is 0.211. The molecule has 1 aliphatic carbocycles. The third kappa shape index (κ3) is 3.74. The van der Waals surface area contributed by atoms with Crippen molar-refractivity contribution in [2.75, 3.05) is 10.6 Å². The predicted molar refractivity (Wildman–Crippen MR) is 102 cm³/mol. The van der Waals surface area contributed by atoms with Crippen LogP contribution >= 0.6 is 23.2 Å². The smallest absolute Gasteiger partial charge is 0.240 e. The average Bonchev–Trinajstić information content (AvgIpc) is 3.40. The van der Waals surface area contributed by atoms with Crippen molar-refractivity contribution in [3.63, 3.8) is 0 Å². The molecular formula is C19H16Cl2N2O3. The van der Waals surface area contributed by atoms with Crippen molar-refractivity contribution in [3.05, 3.63) is 58.1 Å². The van der Waals surface area contributed by atoms with Gasteiger partial charge in [-0.2, -0.15) is 0 Å². The van der Waals surface area contributed by atoms with Gasteiger partial charge in [0, 0.05) is 16.3 Å². The van der Waals surface area contributed by atoms with E-state index in [0.29, 0.717) is 39.8 Å². The Hall–Kier alpha value is -2.37. The van der Waals surface area contributed by atoms with Crippen molar-refractivity contribution >= 4 is 52.2 Å². The molecule has 0 radical (unpaired) electrons. The van der Waals surface area contributed by atoms with E-state index in [1.165, 1.54) is 13.0 Å². The Morgan fingerprint density at radius 2 is 1.54 bits per heavy atom. The summed E-state index contributed by atoms with van der Waals surface area (Å²) in [6, 6.07) is 11.3. The second-order valence-corrected chi connectivity index (χ2v) is 7.09. The Morgan fingerprint density at radius 1 is 0.923 bits per heavy atom. The number of carbonyl (C=O) groups is 3. The van der Waals surface area contributed by atoms with Crippen LogP contribution in [0.1, 0.15) is 30.1 Å². The molecule has 3 rings (SSSR count). The van der Waals surface area contributed by atoms with Crippen molar-refractivity contribution in [3.8, 4) is 0 Å². The number of ketones is 1. The molecule has 2 amide bonds. The zero-order valence-electron chi connectivity index (χ0n) is 13.9. The van der Waals surface area contributed by atoms with Gasteiger partial charge in [0.1, 0.15) is 5.41 Å². The molecule has 0 saturated heterocycles. The van der Waals surface area contributed by atoms with E-state index in [1.807, 2.05) is 0 Å². The van der Waals surface area contributed by atoms with Crippen molar-refractivity contribution < 1.29 is 14.4 Å². The minimum atomic E-state index is -1.11. The Morgan fingerprint density at radius 3 is 2.08 bits per heavy atom. The molecule has 2 aromatic carbocycles. The van der Waals surface area contributed by atoms with E-state index in [4.69, 9.17) is 23.2 Å². The minimum Gasteiger partial charge on any atom is -0.325 e. The van der Waals surface area contributed by atoms with E-state index in [1.54, 1.807) is 36.4 Å².